The van der Waals surface area contributed by atoms with Crippen LogP contribution in [0.1, 0.15) is 19.3 Å². The molecule has 0 amide bonds. The third-order valence-electron chi connectivity index (χ3n) is 5.05. The quantitative estimate of drug-likeness (QED) is 0.650. The fraction of sp³-hybridized carbons (Fsp3) is 0.625. The Hall–Kier alpha value is -1.60. The zero-order valence-electron chi connectivity index (χ0n) is 15.8. The minimum absolute atomic E-state index is 0.293. The van der Waals surface area contributed by atoms with Gasteiger partial charge in [0.05, 0.1) is 17.0 Å². The molecular weight excluding hydrogens is 430 g/mol. The second-order valence-electron chi connectivity index (χ2n) is 7.12. The number of aromatic nitrogens is 3. The highest BCUT2D eigenvalue weighted by Gasteiger charge is 2.40. The van der Waals surface area contributed by atoms with Crippen LogP contribution in [0.15, 0.2) is 12.5 Å². The predicted octanol–water partition coefficient (Wildman–Crippen LogP) is 1.11. The van der Waals surface area contributed by atoms with E-state index in [0.717, 1.165) is 0 Å². The van der Waals surface area contributed by atoms with Crippen LogP contribution in [0.5, 0.6) is 0 Å². The highest BCUT2D eigenvalue weighted by atomic mass is 35.5. The lowest BCUT2D eigenvalue weighted by Gasteiger charge is -2.38. The second kappa shape index (κ2) is 8.26. The molecule has 2 aromatic heterocycles. The van der Waals surface area contributed by atoms with E-state index in [0.29, 0.717) is 52.1 Å². The molecule has 1 aliphatic rings. The number of fused-ring (bicyclic) bond motifs is 1. The van der Waals surface area contributed by atoms with E-state index in [-0.39, 0.29) is 0 Å². The summed E-state index contributed by atoms with van der Waals surface area (Å²) in [6.07, 6.45) is 2.90. The Balaban J connectivity index is 1.79. The average Bonchev–Trinajstić information content (AvgIpc) is 2.93. The van der Waals surface area contributed by atoms with E-state index in [4.69, 9.17) is 21.8 Å². The van der Waals surface area contributed by atoms with Gasteiger partial charge in [-0.15, -0.1) is 0 Å². The number of alkyl halides is 2. The van der Waals surface area contributed by atoms with Crippen molar-refractivity contribution in [1.82, 2.24) is 18.8 Å². The van der Waals surface area contributed by atoms with Gasteiger partial charge in [-0.05, 0) is 12.8 Å². The van der Waals surface area contributed by atoms with Gasteiger partial charge in [0.15, 0.2) is 0 Å². The molecule has 1 fully saturated rings. The van der Waals surface area contributed by atoms with Crippen LogP contribution in [-0.2, 0) is 17.3 Å². The summed E-state index contributed by atoms with van der Waals surface area (Å²) in [4.78, 5) is 10.5. The molecule has 3 N–H and O–H groups in total. The summed E-state index contributed by atoms with van der Waals surface area (Å²) < 4.78 is 54.2. The van der Waals surface area contributed by atoms with E-state index in [1.807, 2.05) is 11.9 Å². The molecule has 3 rings (SSSR count). The highest BCUT2D eigenvalue weighted by Crippen LogP contribution is 2.33. The van der Waals surface area contributed by atoms with E-state index in [2.05, 4.69) is 9.97 Å². The van der Waals surface area contributed by atoms with Crippen LogP contribution in [-0.4, -0.2) is 70.6 Å². The maximum atomic E-state index is 14.0. The zero-order valence-corrected chi connectivity index (χ0v) is 17.4. The van der Waals surface area contributed by atoms with Crippen molar-refractivity contribution in [2.24, 2.45) is 12.2 Å². The first kappa shape index (κ1) is 22.1. The van der Waals surface area contributed by atoms with Gasteiger partial charge in [0.2, 0.25) is 0 Å². The Labute approximate surface area is 172 Å². The third kappa shape index (κ3) is 4.77. The molecule has 0 saturated carbocycles. The molecule has 9 nitrogen and oxygen atoms in total. The van der Waals surface area contributed by atoms with Crippen molar-refractivity contribution >= 4 is 38.7 Å². The van der Waals surface area contributed by atoms with Crippen molar-refractivity contribution in [3.05, 3.63) is 17.5 Å². The Bertz CT molecular complexity index is 978. The van der Waals surface area contributed by atoms with Crippen LogP contribution in [0.2, 0.25) is 5.02 Å². The maximum absolute atomic E-state index is 14.0. The molecule has 0 aliphatic carbocycles. The number of piperidine rings is 1. The first-order valence-electron chi connectivity index (χ1n) is 9.02. The number of aliphatic hydroxyl groups excluding tert-OH is 1. The summed E-state index contributed by atoms with van der Waals surface area (Å²) in [6.45, 7) is -1.02. The van der Waals surface area contributed by atoms with Crippen molar-refractivity contribution < 1.29 is 22.3 Å². The Morgan fingerprint density at radius 3 is 2.62 bits per heavy atom. The highest BCUT2D eigenvalue weighted by molar-refractivity contribution is 7.86. The van der Waals surface area contributed by atoms with Gasteiger partial charge in [0, 0.05) is 45.4 Å². The summed E-state index contributed by atoms with van der Waals surface area (Å²) in [5.74, 6) is -2.75. The largest absolute Gasteiger partial charge is 0.396 e. The fourth-order valence-electron chi connectivity index (χ4n) is 3.65. The molecule has 29 heavy (non-hydrogen) atoms. The van der Waals surface area contributed by atoms with Gasteiger partial charge in [0.1, 0.15) is 17.8 Å². The van der Waals surface area contributed by atoms with Crippen LogP contribution in [0, 0.1) is 0 Å². The SMILES string of the molecule is Cn1cc(Cl)c2c(N3CCC(N(CC(F)(F)CCO)S(N)(=O)=O)CC3)ncnc21. The second-order valence-corrected chi connectivity index (χ2v) is 9.03. The standard InChI is InChI=1S/C16H23ClF2N6O3S/c1-23-8-12(17)13-14(23)21-10-22-15(13)24-5-2-11(3-6-24)25(29(20,27)28)9-16(18,19)4-7-26/h8,10-11,26H,2-7,9H2,1H3,(H2,20,27,28). The summed E-state index contributed by atoms with van der Waals surface area (Å²) in [6, 6.07) is -0.672. The number of hydrogen-bond donors (Lipinski definition) is 2. The molecule has 13 heteroatoms. The van der Waals surface area contributed by atoms with Crippen LogP contribution in [0.3, 0.4) is 0 Å². The molecule has 0 atom stereocenters. The lowest BCUT2D eigenvalue weighted by Crippen LogP contribution is -2.53. The third-order valence-corrected chi connectivity index (χ3v) is 6.42. The van der Waals surface area contributed by atoms with Crippen molar-refractivity contribution in [1.29, 1.82) is 0 Å². The predicted molar refractivity (Wildman–Crippen MR) is 105 cm³/mol. The summed E-state index contributed by atoms with van der Waals surface area (Å²) in [5, 5.41) is 15.2. The van der Waals surface area contributed by atoms with Gasteiger partial charge in [-0.1, -0.05) is 11.6 Å². The molecule has 0 radical (unpaired) electrons. The molecule has 1 saturated heterocycles. The van der Waals surface area contributed by atoms with Crippen LogP contribution in [0.25, 0.3) is 11.0 Å². The normalized spacial score (nSPS) is 16.9. The van der Waals surface area contributed by atoms with E-state index in [1.165, 1.54) is 6.33 Å². The maximum Gasteiger partial charge on any atom is 0.277 e. The minimum Gasteiger partial charge on any atom is -0.396 e. The first-order chi connectivity index (χ1) is 13.5. The van der Waals surface area contributed by atoms with Crippen molar-refractivity contribution in [2.75, 3.05) is 31.1 Å². The van der Waals surface area contributed by atoms with Crippen LogP contribution >= 0.6 is 11.6 Å². The van der Waals surface area contributed by atoms with Gasteiger partial charge in [-0.3, -0.25) is 0 Å². The average molecular weight is 453 g/mol. The molecule has 2 aromatic rings. The number of nitrogens with zero attached hydrogens (tertiary/aromatic N) is 5. The molecule has 1 aliphatic heterocycles. The van der Waals surface area contributed by atoms with Gasteiger partial charge in [-0.25, -0.2) is 23.9 Å². The lowest BCUT2D eigenvalue weighted by molar-refractivity contribution is -0.0411. The smallest absolute Gasteiger partial charge is 0.277 e. The molecule has 0 unspecified atom stereocenters. The Morgan fingerprint density at radius 2 is 2.03 bits per heavy atom. The van der Waals surface area contributed by atoms with Crippen molar-refractivity contribution in [3.8, 4) is 0 Å². The van der Waals surface area contributed by atoms with E-state index in [9.17, 15) is 17.2 Å². The number of nitrogens with two attached hydrogens (primary N) is 1. The van der Waals surface area contributed by atoms with Crippen molar-refractivity contribution in [2.45, 2.75) is 31.2 Å². The van der Waals surface area contributed by atoms with Gasteiger partial charge >= 0.3 is 0 Å². The van der Waals surface area contributed by atoms with Gasteiger partial charge < -0.3 is 14.6 Å². The number of halogens is 3. The molecule has 0 bridgehead atoms. The monoisotopic (exact) mass is 452 g/mol. The first-order valence-corrected chi connectivity index (χ1v) is 10.9. The number of aliphatic hydroxyl groups is 1. The van der Waals surface area contributed by atoms with Crippen molar-refractivity contribution in [3.63, 3.8) is 0 Å². The van der Waals surface area contributed by atoms with Gasteiger partial charge in [0.25, 0.3) is 16.1 Å². The van der Waals surface area contributed by atoms with E-state index in [1.54, 1.807) is 10.8 Å². The molecular formula is C16H23ClF2N6O3S. The Kier molecular flexibility index (Phi) is 6.30. The number of hydrogen-bond acceptors (Lipinski definition) is 6. The summed E-state index contributed by atoms with van der Waals surface area (Å²) in [5.41, 5.74) is 0.664. The zero-order chi connectivity index (χ0) is 21.4. The number of aryl methyl sites for hydroxylation is 1. The van der Waals surface area contributed by atoms with Crippen LogP contribution in [0.4, 0.5) is 14.6 Å². The lowest BCUT2D eigenvalue weighted by atomic mass is 10.0. The summed E-state index contributed by atoms with van der Waals surface area (Å²) >= 11 is 6.31. The number of rotatable bonds is 7. The Morgan fingerprint density at radius 1 is 1.38 bits per heavy atom. The van der Waals surface area contributed by atoms with E-state index < -0.39 is 41.7 Å². The molecule has 3 heterocycles. The molecule has 0 aromatic carbocycles. The molecule has 162 valence electrons. The van der Waals surface area contributed by atoms with E-state index >= 15 is 0 Å². The van der Waals surface area contributed by atoms with Crippen LogP contribution < -0.4 is 10.0 Å². The molecule has 0 spiro atoms. The number of anilines is 1. The topological polar surface area (TPSA) is 118 Å². The van der Waals surface area contributed by atoms with Gasteiger partial charge in [-0.2, -0.15) is 12.7 Å². The minimum atomic E-state index is -4.33. The fourth-order valence-corrected chi connectivity index (χ4v) is 4.96. The summed E-state index contributed by atoms with van der Waals surface area (Å²) in [7, 11) is -2.52.